The molecule has 0 aromatic heterocycles. The van der Waals surface area contributed by atoms with E-state index < -0.39 is 0 Å². The summed E-state index contributed by atoms with van der Waals surface area (Å²) in [5.74, 6) is 0.950. The van der Waals surface area contributed by atoms with Gasteiger partial charge in [-0.15, -0.1) is 11.8 Å². The van der Waals surface area contributed by atoms with E-state index in [1.807, 2.05) is 19.1 Å². The molecule has 1 aromatic carbocycles. The van der Waals surface area contributed by atoms with Crippen molar-refractivity contribution in [1.82, 2.24) is 0 Å². The van der Waals surface area contributed by atoms with Crippen LogP contribution in [0.4, 0.5) is 0 Å². The van der Waals surface area contributed by atoms with E-state index in [4.69, 9.17) is 5.11 Å². The molecule has 1 N–H and O–H groups in total. The number of rotatable bonds is 5. The van der Waals surface area contributed by atoms with Gasteiger partial charge in [0, 0.05) is 12.4 Å². The third-order valence-corrected chi connectivity index (χ3v) is 2.92. The summed E-state index contributed by atoms with van der Waals surface area (Å²) in [7, 11) is 0. The van der Waals surface area contributed by atoms with Gasteiger partial charge in [-0.1, -0.05) is 30.8 Å². The van der Waals surface area contributed by atoms with E-state index >= 15 is 0 Å². The van der Waals surface area contributed by atoms with E-state index in [9.17, 15) is 0 Å². The predicted molar refractivity (Wildman–Crippen MR) is 63.3 cm³/mol. The maximum absolute atomic E-state index is 8.90. The molecular formula is C12H16OS. The van der Waals surface area contributed by atoms with Gasteiger partial charge in [0.2, 0.25) is 0 Å². The lowest BCUT2D eigenvalue weighted by Gasteiger charge is -2.07. The number of hydrogen-bond donors (Lipinski definition) is 1. The maximum atomic E-state index is 8.90. The summed E-state index contributed by atoms with van der Waals surface area (Å²) in [5, 5.41) is 8.90. The van der Waals surface area contributed by atoms with Crippen LogP contribution in [0.2, 0.25) is 0 Å². The molecule has 76 valence electrons. The quantitative estimate of drug-likeness (QED) is 0.802. The molecule has 1 aromatic rings. The van der Waals surface area contributed by atoms with Crippen molar-refractivity contribution in [3.8, 4) is 0 Å². The van der Waals surface area contributed by atoms with Gasteiger partial charge in [-0.05, 0) is 29.4 Å². The molecule has 0 aliphatic rings. The molecule has 0 fully saturated rings. The van der Waals surface area contributed by atoms with Crippen LogP contribution in [0.25, 0.3) is 0 Å². The van der Waals surface area contributed by atoms with Crippen LogP contribution in [-0.4, -0.2) is 11.7 Å². The van der Waals surface area contributed by atoms with Crippen molar-refractivity contribution in [2.75, 3.05) is 6.61 Å². The highest BCUT2D eigenvalue weighted by Gasteiger charge is 2.00. The Labute approximate surface area is 89.8 Å². The fourth-order valence-electron chi connectivity index (χ4n) is 1.26. The fourth-order valence-corrected chi connectivity index (χ4v) is 1.95. The van der Waals surface area contributed by atoms with E-state index in [-0.39, 0.29) is 6.61 Å². The lowest BCUT2D eigenvalue weighted by Crippen LogP contribution is -1.95. The molecule has 0 aliphatic heterocycles. The maximum Gasteiger partial charge on any atom is 0.0471 e. The van der Waals surface area contributed by atoms with Gasteiger partial charge in [-0.25, -0.2) is 0 Å². The third kappa shape index (κ3) is 3.56. The van der Waals surface area contributed by atoms with Gasteiger partial charge in [0.15, 0.2) is 0 Å². The lowest BCUT2D eigenvalue weighted by atomic mass is 10.1. The number of thioether (sulfide) groups is 1. The van der Waals surface area contributed by atoms with Crippen LogP contribution in [0.5, 0.6) is 0 Å². The first-order valence-electron chi connectivity index (χ1n) is 4.70. The van der Waals surface area contributed by atoms with Crippen LogP contribution in [0.15, 0.2) is 35.7 Å². The van der Waals surface area contributed by atoms with E-state index in [0.29, 0.717) is 0 Å². The van der Waals surface area contributed by atoms with E-state index in [2.05, 4.69) is 18.7 Å². The zero-order valence-electron chi connectivity index (χ0n) is 8.49. The first-order valence-corrected chi connectivity index (χ1v) is 5.68. The monoisotopic (exact) mass is 208 g/mol. The molecule has 0 aliphatic carbocycles. The second-order valence-electron chi connectivity index (χ2n) is 3.23. The van der Waals surface area contributed by atoms with Crippen LogP contribution < -0.4 is 0 Å². The van der Waals surface area contributed by atoms with Crippen LogP contribution in [-0.2, 0) is 12.2 Å². The highest BCUT2D eigenvalue weighted by molar-refractivity contribution is 8.02. The van der Waals surface area contributed by atoms with E-state index in [0.717, 1.165) is 17.1 Å². The first kappa shape index (κ1) is 11.3. The number of aliphatic hydroxyl groups excluding tert-OH is 1. The van der Waals surface area contributed by atoms with Gasteiger partial charge in [0.1, 0.15) is 0 Å². The predicted octanol–water partition coefficient (Wildman–Crippen LogP) is 2.99. The van der Waals surface area contributed by atoms with Gasteiger partial charge in [-0.3, -0.25) is 0 Å². The summed E-state index contributed by atoms with van der Waals surface area (Å²) in [4.78, 5) is 1.13. The summed E-state index contributed by atoms with van der Waals surface area (Å²) < 4.78 is 0. The molecule has 0 atom stereocenters. The SMILES string of the molecule is C=C(C)SCc1ccccc1CCO. The summed E-state index contributed by atoms with van der Waals surface area (Å²) in [6.45, 7) is 6.09. The Morgan fingerprint density at radius 2 is 2.00 bits per heavy atom. The molecule has 0 spiro atoms. The van der Waals surface area contributed by atoms with Crippen LogP contribution in [0.3, 0.4) is 0 Å². The Balaban J connectivity index is 2.68. The smallest absolute Gasteiger partial charge is 0.0471 e. The molecular weight excluding hydrogens is 192 g/mol. The van der Waals surface area contributed by atoms with Crippen molar-refractivity contribution < 1.29 is 5.11 Å². The standard InChI is InChI=1S/C12H16OS/c1-10(2)14-9-12-6-4-3-5-11(12)7-8-13/h3-6,13H,1,7-9H2,2H3. The molecule has 14 heavy (non-hydrogen) atoms. The summed E-state index contributed by atoms with van der Waals surface area (Å²) in [6.07, 6.45) is 0.743. The molecule has 0 amide bonds. The van der Waals surface area contributed by atoms with Crippen LogP contribution in [0.1, 0.15) is 18.1 Å². The minimum atomic E-state index is 0.217. The molecule has 1 nitrogen and oxygen atoms in total. The molecule has 0 saturated heterocycles. The Morgan fingerprint density at radius 3 is 2.57 bits per heavy atom. The summed E-state index contributed by atoms with van der Waals surface area (Å²) in [6, 6.07) is 8.24. The molecule has 0 saturated carbocycles. The second-order valence-corrected chi connectivity index (χ2v) is 4.51. The number of allylic oxidation sites excluding steroid dienone is 1. The molecule has 0 unspecified atom stereocenters. The highest BCUT2D eigenvalue weighted by Crippen LogP contribution is 2.21. The van der Waals surface area contributed by atoms with E-state index in [1.54, 1.807) is 11.8 Å². The average Bonchev–Trinajstić information content (AvgIpc) is 2.17. The third-order valence-electron chi connectivity index (χ3n) is 1.97. The average molecular weight is 208 g/mol. The van der Waals surface area contributed by atoms with Gasteiger partial charge in [-0.2, -0.15) is 0 Å². The van der Waals surface area contributed by atoms with E-state index in [1.165, 1.54) is 11.1 Å². The molecule has 0 bridgehead atoms. The van der Waals surface area contributed by atoms with Gasteiger partial charge >= 0.3 is 0 Å². The first-order chi connectivity index (χ1) is 6.74. The van der Waals surface area contributed by atoms with Crippen LogP contribution in [0, 0.1) is 0 Å². The Hall–Kier alpha value is -0.730. The van der Waals surface area contributed by atoms with Crippen LogP contribution >= 0.6 is 11.8 Å². The van der Waals surface area contributed by atoms with Gasteiger partial charge < -0.3 is 5.11 Å². The second kappa shape index (κ2) is 5.89. The molecule has 1 rings (SSSR count). The van der Waals surface area contributed by atoms with Gasteiger partial charge in [0.05, 0.1) is 0 Å². The fraction of sp³-hybridized carbons (Fsp3) is 0.333. The molecule has 0 radical (unpaired) electrons. The highest BCUT2D eigenvalue weighted by atomic mass is 32.2. The van der Waals surface area contributed by atoms with Crippen molar-refractivity contribution in [2.45, 2.75) is 19.1 Å². The Bertz CT molecular complexity index is 307. The van der Waals surface area contributed by atoms with Crippen molar-refractivity contribution in [1.29, 1.82) is 0 Å². The van der Waals surface area contributed by atoms with Crippen molar-refractivity contribution in [3.63, 3.8) is 0 Å². The lowest BCUT2D eigenvalue weighted by molar-refractivity contribution is 0.299. The zero-order valence-corrected chi connectivity index (χ0v) is 9.31. The Morgan fingerprint density at radius 1 is 1.36 bits per heavy atom. The Kier molecular flexibility index (Phi) is 4.77. The number of benzene rings is 1. The molecule has 0 heterocycles. The topological polar surface area (TPSA) is 20.2 Å². The number of aliphatic hydroxyl groups is 1. The normalized spacial score (nSPS) is 10.1. The minimum absolute atomic E-state index is 0.217. The zero-order chi connectivity index (χ0) is 10.4. The van der Waals surface area contributed by atoms with Crippen molar-refractivity contribution in [2.24, 2.45) is 0 Å². The van der Waals surface area contributed by atoms with Crippen molar-refractivity contribution >= 4 is 11.8 Å². The van der Waals surface area contributed by atoms with Crippen molar-refractivity contribution in [3.05, 3.63) is 46.9 Å². The number of hydrogen-bond acceptors (Lipinski definition) is 2. The van der Waals surface area contributed by atoms with Gasteiger partial charge in [0.25, 0.3) is 0 Å². The minimum Gasteiger partial charge on any atom is -0.396 e. The summed E-state index contributed by atoms with van der Waals surface area (Å²) >= 11 is 1.75. The largest absolute Gasteiger partial charge is 0.396 e. The molecule has 2 heteroatoms. The summed E-state index contributed by atoms with van der Waals surface area (Å²) in [5.41, 5.74) is 2.54.